The lowest BCUT2D eigenvalue weighted by atomic mass is 10.1. The van der Waals surface area contributed by atoms with E-state index in [-0.39, 0.29) is 18.1 Å². The first-order valence-corrected chi connectivity index (χ1v) is 8.25. The van der Waals surface area contributed by atoms with Gasteiger partial charge in [0.15, 0.2) is 0 Å². The van der Waals surface area contributed by atoms with E-state index in [4.69, 9.17) is 11.6 Å². The van der Waals surface area contributed by atoms with Gasteiger partial charge in [-0.05, 0) is 35.9 Å². The molecule has 1 fully saturated rings. The maximum Gasteiger partial charge on any atom is 0.329 e. The van der Waals surface area contributed by atoms with Gasteiger partial charge >= 0.3 is 6.03 Å². The van der Waals surface area contributed by atoms with E-state index in [0.29, 0.717) is 10.6 Å². The largest absolute Gasteiger partial charge is 0.361 e. The number of benzene rings is 2. The first-order chi connectivity index (χ1) is 12.5. The SMILES string of the molecule is O=C1N/C(=C\c2c[nH]c3cc(Cl)ccc23)C(=O)N1Cc1ccc(F)cc1. The Balaban J connectivity index is 1.61. The minimum Gasteiger partial charge on any atom is -0.361 e. The summed E-state index contributed by atoms with van der Waals surface area (Å²) in [6, 6.07) is 10.6. The van der Waals surface area contributed by atoms with E-state index in [1.165, 1.54) is 12.1 Å². The third-order valence-electron chi connectivity index (χ3n) is 4.19. The van der Waals surface area contributed by atoms with E-state index < -0.39 is 11.9 Å². The van der Waals surface area contributed by atoms with Crippen LogP contribution in [-0.4, -0.2) is 21.8 Å². The lowest BCUT2D eigenvalue weighted by Crippen LogP contribution is -2.30. The summed E-state index contributed by atoms with van der Waals surface area (Å²) >= 11 is 5.97. The van der Waals surface area contributed by atoms with Crippen LogP contribution in [0.15, 0.2) is 54.4 Å². The molecule has 0 aliphatic carbocycles. The van der Waals surface area contributed by atoms with E-state index >= 15 is 0 Å². The number of aromatic amines is 1. The molecule has 2 N–H and O–H groups in total. The number of carbonyl (C=O) groups is 2. The number of fused-ring (bicyclic) bond motifs is 1. The third-order valence-corrected chi connectivity index (χ3v) is 4.43. The fourth-order valence-electron chi connectivity index (χ4n) is 2.88. The molecule has 0 spiro atoms. The third kappa shape index (κ3) is 2.95. The van der Waals surface area contributed by atoms with Crippen molar-refractivity contribution in [2.75, 3.05) is 0 Å². The van der Waals surface area contributed by atoms with Crippen molar-refractivity contribution in [2.24, 2.45) is 0 Å². The highest BCUT2D eigenvalue weighted by Crippen LogP contribution is 2.25. The summed E-state index contributed by atoms with van der Waals surface area (Å²) in [6.45, 7) is 0.0752. The van der Waals surface area contributed by atoms with Crippen LogP contribution in [0.5, 0.6) is 0 Å². The highest BCUT2D eigenvalue weighted by atomic mass is 35.5. The van der Waals surface area contributed by atoms with Crippen molar-refractivity contribution in [1.82, 2.24) is 15.2 Å². The Labute approximate surface area is 153 Å². The predicted octanol–water partition coefficient (Wildman–Crippen LogP) is 4.05. The minimum absolute atomic E-state index is 0.0752. The number of aromatic nitrogens is 1. The normalized spacial score (nSPS) is 15.9. The number of halogens is 2. The Kier molecular flexibility index (Phi) is 3.97. The molecular formula is C19H13ClFN3O2. The number of hydrogen-bond donors (Lipinski definition) is 2. The smallest absolute Gasteiger partial charge is 0.329 e. The Hall–Kier alpha value is -3.12. The number of nitrogens with one attached hydrogen (secondary N) is 2. The minimum atomic E-state index is -0.506. The van der Waals surface area contributed by atoms with Crippen LogP contribution in [0.1, 0.15) is 11.1 Å². The summed E-state index contributed by atoms with van der Waals surface area (Å²) in [5.41, 5.74) is 2.46. The molecule has 1 aromatic heterocycles. The molecule has 130 valence electrons. The summed E-state index contributed by atoms with van der Waals surface area (Å²) in [5, 5.41) is 4.08. The summed E-state index contributed by atoms with van der Waals surface area (Å²) in [7, 11) is 0. The van der Waals surface area contributed by atoms with Gasteiger partial charge in [-0.3, -0.25) is 9.69 Å². The number of rotatable bonds is 3. The number of H-pyrrole nitrogens is 1. The van der Waals surface area contributed by atoms with Gasteiger partial charge in [-0.15, -0.1) is 0 Å². The first kappa shape index (κ1) is 16.4. The molecule has 1 saturated heterocycles. The van der Waals surface area contributed by atoms with Crippen molar-refractivity contribution < 1.29 is 14.0 Å². The van der Waals surface area contributed by atoms with Crippen molar-refractivity contribution >= 4 is 40.5 Å². The molecule has 5 nitrogen and oxygen atoms in total. The quantitative estimate of drug-likeness (QED) is 0.540. The van der Waals surface area contributed by atoms with Gasteiger partial charge in [-0.1, -0.05) is 29.8 Å². The van der Waals surface area contributed by atoms with Crippen LogP contribution >= 0.6 is 11.6 Å². The average molecular weight is 370 g/mol. The molecule has 26 heavy (non-hydrogen) atoms. The fourth-order valence-corrected chi connectivity index (χ4v) is 3.06. The van der Waals surface area contributed by atoms with Crippen molar-refractivity contribution in [1.29, 1.82) is 0 Å². The maximum absolute atomic E-state index is 13.0. The number of nitrogens with zero attached hydrogens (tertiary/aromatic N) is 1. The molecule has 0 unspecified atom stereocenters. The molecule has 1 aliphatic rings. The lowest BCUT2D eigenvalue weighted by molar-refractivity contribution is -0.123. The number of amides is 3. The highest BCUT2D eigenvalue weighted by molar-refractivity contribution is 6.31. The summed E-state index contributed by atoms with van der Waals surface area (Å²) in [6.07, 6.45) is 3.37. The Bertz CT molecular complexity index is 1060. The summed E-state index contributed by atoms with van der Waals surface area (Å²) in [4.78, 5) is 28.9. The Morgan fingerprint density at radius 3 is 2.65 bits per heavy atom. The maximum atomic E-state index is 13.0. The molecule has 2 aromatic carbocycles. The van der Waals surface area contributed by atoms with E-state index in [0.717, 1.165) is 21.4 Å². The number of hydrogen-bond acceptors (Lipinski definition) is 2. The zero-order chi connectivity index (χ0) is 18.3. The van der Waals surface area contributed by atoms with Gasteiger partial charge in [0.2, 0.25) is 0 Å². The Morgan fingerprint density at radius 2 is 1.88 bits per heavy atom. The van der Waals surface area contributed by atoms with Crippen LogP contribution in [0.25, 0.3) is 17.0 Å². The second-order valence-electron chi connectivity index (χ2n) is 5.94. The number of urea groups is 1. The average Bonchev–Trinajstić information content (AvgIpc) is 3.12. The number of carbonyl (C=O) groups excluding carboxylic acids is 2. The molecule has 0 radical (unpaired) electrons. The number of imide groups is 1. The molecule has 0 atom stereocenters. The zero-order valence-corrected chi connectivity index (χ0v) is 14.2. The van der Waals surface area contributed by atoms with E-state index in [1.807, 2.05) is 6.07 Å². The van der Waals surface area contributed by atoms with Crippen LogP contribution in [-0.2, 0) is 11.3 Å². The Morgan fingerprint density at radius 1 is 1.12 bits per heavy atom. The van der Waals surface area contributed by atoms with Crippen molar-refractivity contribution in [3.05, 3.63) is 76.3 Å². The topological polar surface area (TPSA) is 65.2 Å². The molecule has 7 heteroatoms. The van der Waals surface area contributed by atoms with Crippen molar-refractivity contribution in [3.8, 4) is 0 Å². The molecular weight excluding hydrogens is 357 g/mol. The molecule has 0 saturated carbocycles. The molecule has 3 aromatic rings. The summed E-state index contributed by atoms with van der Waals surface area (Å²) in [5.74, 6) is -0.798. The van der Waals surface area contributed by atoms with Gasteiger partial charge in [0.05, 0.1) is 6.54 Å². The van der Waals surface area contributed by atoms with Crippen LogP contribution in [0.4, 0.5) is 9.18 Å². The lowest BCUT2D eigenvalue weighted by Gasteiger charge is -2.11. The highest BCUT2D eigenvalue weighted by Gasteiger charge is 2.33. The second-order valence-corrected chi connectivity index (χ2v) is 6.38. The van der Waals surface area contributed by atoms with E-state index in [1.54, 1.807) is 36.5 Å². The van der Waals surface area contributed by atoms with E-state index in [9.17, 15) is 14.0 Å². The monoisotopic (exact) mass is 369 g/mol. The fraction of sp³-hybridized carbons (Fsp3) is 0.0526. The van der Waals surface area contributed by atoms with Crippen LogP contribution in [0, 0.1) is 5.82 Å². The van der Waals surface area contributed by atoms with Gasteiger partial charge in [0, 0.05) is 27.7 Å². The van der Waals surface area contributed by atoms with E-state index in [2.05, 4.69) is 10.3 Å². The van der Waals surface area contributed by atoms with Crippen LogP contribution < -0.4 is 5.32 Å². The molecule has 2 heterocycles. The standard InChI is InChI=1S/C19H13ClFN3O2/c20-13-3-6-15-12(9-22-16(15)8-13)7-17-18(25)24(19(26)23-17)10-11-1-4-14(21)5-2-11/h1-9,22H,10H2,(H,23,26)/b17-7-. The van der Waals surface area contributed by atoms with Gasteiger partial charge in [-0.2, -0.15) is 0 Å². The van der Waals surface area contributed by atoms with Gasteiger partial charge in [0.1, 0.15) is 11.5 Å². The van der Waals surface area contributed by atoms with Gasteiger partial charge < -0.3 is 10.3 Å². The molecule has 1 aliphatic heterocycles. The van der Waals surface area contributed by atoms with Crippen LogP contribution in [0.3, 0.4) is 0 Å². The van der Waals surface area contributed by atoms with Crippen LogP contribution in [0.2, 0.25) is 5.02 Å². The second kappa shape index (κ2) is 6.31. The van der Waals surface area contributed by atoms with Gasteiger partial charge in [0.25, 0.3) is 5.91 Å². The molecule has 3 amide bonds. The van der Waals surface area contributed by atoms with Gasteiger partial charge in [-0.25, -0.2) is 9.18 Å². The zero-order valence-electron chi connectivity index (χ0n) is 13.4. The predicted molar refractivity (Wildman–Crippen MR) is 96.8 cm³/mol. The molecule has 0 bridgehead atoms. The van der Waals surface area contributed by atoms with Crippen molar-refractivity contribution in [2.45, 2.75) is 6.54 Å². The molecule has 4 rings (SSSR count). The van der Waals surface area contributed by atoms with Crippen molar-refractivity contribution in [3.63, 3.8) is 0 Å². The first-order valence-electron chi connectivity index (χ1n) is 7.87. The summed E-state index contributed by atoms with van der Waals surface area (Å²) < 4.78 is 13.0.